The maximum atomic E-state index is 11.0. The van der Waals surface area contributed by atoms with Crippen molar-refractivity contribution in [3.05, 3.63) is 54.0 Å². The number of hydrogen-bond donors (Lipinski definition) is 1. The normalized spacial score (nSPS) is 11.1. The van der Waals surface area contributed by atoms with Gasteiger partial charge >= 0.3 is 5.97 Å². The summed E-state index contributed by atoms with van der Waals surface area (Å²) in [7, 11) is 1.88. The summed E-state index contributed by atoms with van der Waals surface area (Å²) in [5, 5.41) is 14.2. The first kappa shape index (κ1) is 12.5. The summed E-state index contributed by atoms with van der Waals surface area (Å²) in [6.45, 7) is 0.688. The Balaban J connectivity index is 2.04. The zero-order valence-electron chi connectivity index (χ0n) is 11.2. The molecule has 0 unspecified atom stereocenters. The summed E-state index contributed by atoms with van der Waals surface area (Å²) in [5.41, 5.74) is 2.99. The van der Waals surface area contributed by atoms with Gasteiger partial charge < -0.3 is 9.67 Å². The molecule has 0 bridgehead atoms. The highest BCUT2D eigenvalue weighted by Crippen LogP contribution is 2.22. The van der Waals surface area contributed by atoms with Crippen molar-refractivity contribution in [2.45, 2.75) is 13.0 Å². The van der Waals surface area contributed by atoms with Gasteiger partial charge in [0.05, 0.1) is 19.2 Å². The van der Waals surface area contributed by atoms with E-state index in [1.54, 1.807) is 4.68 Å². The summed E-state index contributed by atoms with van der Waals surface area (Å²) >= 11 is 0. The number of fused-ring (bicyclic) bond motifs is 1. The van der Waals surface area contributed by atoms with Gasteiger partial charge in [-0.3, -0.25) is 9.48 Å². The second-order valence-corrected chi connectivity index (χ2v) is 4.89. The fourth-order valence-corrected chi connectivity index (χ4v) is 2.51. The molecule has 0 radical (unpaired) electrons. The first-order valence-corrected chi connectivity index (χ1v) is 6.39. The maximum Gasteiger partial charge on any atom is 0.307 e. The van der Waals surface area contributed by atoms with Crippen LogP contribution in [0, 0.1) is 0 Å². The summed E-state index contributed by atoms with van der Waals surface area (Å²) in [6, 6.07) is 7.87. The molecule has 102 valence electrons. The van der Waals surface area contributed by atoms with Crippen molar-refractivity contribution in [3.63, 3.8) is 0 Å². The molecule has 5 nitrogen and oxygen atoms in total. The predicted molar refractivity (Wildman–Crippen MR) is 75.6 cm³/mol. The lowest BCUT2D eigenvalue weighted by Crippen LogP contribution is -2.00. The molecule has 3 rings (SSSR count). The second kappa shape index (κ2) is 4.85. The van der Waals surface area contributed by atoms with Crippen molar-refractivity contribution in [1.29, 1.82) is 0 Å². The number of rotatable bonds is 4. The molecule has 0 saturated carbocycles. The Hall–Kier alpha value is -2.56. The van der Waals surface area contributed by atoms with Gasteiger partial charge in [-0.1, -0.05) is 18.2 Å². The lowest BCUT2D eigenvalue weighted by molar-refractivity contribution is -0.136. The first-order valence-electron chi connectivity index (χ1n) is 6.39. The standard InChI is InChI=1S/C15H15N3O2/c1-17-8-11(7-16-17)9-18-10-12(6-15(19)20)13-4-2-3-5-14(13)18/h2-5,7-8,10H,6,9H2,1H3,(H,19,20). The third-order valence-corrected chi connectivity index (χ3v) is 3.32. The molecule has 0 atom stereocenters. The third kappa shape index (κ3) is 2.30. The highest BCUT2D eigenvalue weighted by molar-refractivity contribution is 5.87. The van der Waals surface area contributed by atoms with Crippen LogP contribution in [0.3, 0.4) is 0 Å². The number of aryl methyl sites for hydroxylation is 1. The minimum Gasteiger partial charge on any atom is -0.481 e. The number of carbonyl (C=O) groups is 1. The Morgan fingerprint density at radius 1 is 1.30 bits per heavy atom. The maximum absolute atomic E-state index is 11.0. The summed E-state index contributed by atoms with van der Waals surface area (Å²) in [6.07, 6.45) is 5.75. The van der Waals surface area contributed by atoms with E-state index in [-0.39, 0.29) is 6.42 Å². The van der Waals surface area contributed by atoms with E-state index in [0.717, 1.165) is 22.0 Å². The van der Waals surface area contributed by atoms with Gasteiger partial charge in [0, 0.05) is 35.9 Å². The van der Waals surface area contributed by atoms with Crippen molar-refractivity contribution in [3.8, 4) is 0 Å². The molecule has 1 aromatic carbocycles. The lowest BCUT2D eigenvalue weighted by Gasteiger charge is -2.02. The molecule has 20 heavy (non-hydrogen) atoms. The van der Waals surface area contributed by atoms with E-state index in [9.17, 15) is 4.79 Å². The van der Waals surface area contributed by atoms with Crippen molar-refractivity contribution < 1.29 is 9.90 Å². The smallest absolute Gasteiger partial charge is 0.307 e. The third-order valence-electron chi connectivity index (χ3n) is 3.32. The van der Waals surface area contributed by atoms with Crippen molar-refractivity contribution in [2.75, 3.05) is 0 Å². The number of carboxylic acids is 1. The van der Waals surface area contributed by atoms with Crippen LogP contribution >= 0.6 is 0 Å². The molecule has 0 aliphatic rings. The zero-order chi connectivity index (χ0) is 14.1. The highest BCUT2D eigenvalue weighted by Gasteiger charge is 2.11. The average molecular weight is 269 g/mol. The molecule has 2 aromatic heterocycles. The number of hydrogen-bond acceptors (Lipinski definition) is 2. The van der Waals surface area contributed by atoms with Gasteiger partial charge in [0.1, 0.15) is 0 Å². The molecule has 0 amide bonds. The molecule has 2 heterocycles. The Morgan fingerprint density at radius 2 is 2.10 bits per heavy atom. The monoisotopic (exact) mass is 269 g/mol. The van der Waals surface area contributed by atoms with Crippen LogP contribution in [0.4, 0.5) is 0 Å². The van der Waals surface area contributed by atoms with E-state index in [1.807, 2.05) is 49.9 Å². The number of aliphatic carboxylic acids is 1. The number of nitrogens with zero attached hydrogens (tertiary/aromatic N) is 3. The predicted octanol–water partition coefficient (Wildman–Crippen LogP) is 2.05. The largest absolute Gasteiger partial charge is 0.481 e. The fraction of sp³-hybridized carbons (Fsp3) is 0.200. The molecular weight excluding hydrogens is 254 g/mol. The highest BCUT2D eigenvalue weighted by atomic mass is 16.4. The Morgan fingerprint density at radius 3 is 2.80 bits per heavy atom. The van der Waals surface area contributed by atoms with Gasteiger partial charge in [0.25, 0.3) is 0 Å². The molecular formula is C15H15N3O2. The van der Waals surface area contributed by atoms with Gasteiger partial charge in [-0.2, -0.15) is 5.10 Å². The zero-order valence-corrected chi connectivity index (χ0v) is 11.2. The van der Waals surface area contributed by atoms with Crippen LogP contribution in [0.1, 0.15) is 11.1 Å². The first-order chi connectivity index (χ1) is 9.63. The Bertz CT molecular complexity index is 770. The van der Waals surface area contributed by atoms with Crippen LogP contribution in [-0.4, -0.2) is 25.4 Å². The minimum absolute atomic E-state index is 0.0422. The van der Waals surface area contributed by atoms with Crippen molar-refractivity contribution in [2.24, 2.45) is 7.05 Å². The van der Waals surface area contributed by atoms with Crippen LogP contribution in [-0.2, 0) is 24.8 Å². The van der Waals surface area contributed by atoms with E-state index < -0.39 is 5.97 Å². The number of aromatic nitrogens is 3. The van der Waals surface area contributed by atoms with Crippen LogP contribution in [0.5, 0.6) is 0 Å². The number of carboxylic acid groups (broad SMARTS) is 1. The summed E-state index contributed by atoms with van der Waals surface area (Å²) < 4.78 is 3.84. The SMILES string of the molecule is Cn1cc(Cn2cc(CC(=O)O)c3ccccc32)cn1. The lowest BCUT2D eigenvalue weighted by atomic mass is 10.1. The number of para-hydroxylation sites is 1. The molecule has 3 aromatic rings. The molecule has 0 fully saturated rings. The molecule has 5 heteroatoms. The van der Waals surface area contributed by atoms with Crippen LogP contribution in [0.25, 0.3) is 10.9 Å². The number of benzene rings is 1. The van der Waals surface area contributed by atoms with Crippen molar-refractivity contribution >= 4 is 16.9 Å². The quantitative estimate of drug-likeness (QED) is 0.788. The van der Waals surface area contributed by atoms with Gasteiger partial charge in [-0.05, 0) is 11.6 Å². The summed E-state index contributed by atoms with van der Waals surface area (Å²) in [5.74, 6) is -0.811. The molecule has 1 N–H and O–H groups in total. The fourth-order valence-electron chi connectivity index (χ4n) is 2.51. The molecule has 0 spiro atoms. The van der Waals surface area contributed by atoms with E-state index in [0.29, 0.717) is 6.54 Å². The topological polar surface area (TPSA) is 60.0 Å². The second-order valence-electron chi connectivity index (χ2n) is 4.89. The Labute approximate surface area is 116 Å². The summed E-state index contributed by atoms with van der Waals surface area (Å²) in [4.78, 5) is 11.0. The van der Waals surface area contributed by atoms with Gasteiger partial charge in [-0.15, -0.1) is 0 Å². The van der Waals surface area contributed by atoms with Crippen molar-refractivity contribution in [1.82, 2.24) is 14.3 Å². The van der Waals surface area contributed by atoms with E-state index in [1.165, 1.54) is 0 Å². The van der Waals surface area contributed by atoms with Gasteiger partial charge in [-0.25, -0.2) is 0 Å². The van der Waals surface area contributed by atoms with Gasteiger partial charge in [0.15, 0.2) is 0 Å². The van der Waals surface area contributed by atoms with E-state index in [2.05, 4.69) is 9.67 Å². The Kier molecular flexibility index (Phi) is 3.02. The van der Waals surface area contributed by atoms with E-state index >= 15 is 0 Å². The average Bonchev–Trinajstić information content (AvgIpc) is 2.95. The molecule has 0 aliphatic carbocycles. The minimum atomic E-state index is -0.811. The van der Waals surface area contributed by atoms with Crippen LogP contribution in [0.2, 0.25) is 0 Å². The van der Waals surface area contributed by atoms with Crippen LogP contribution in [0.15, 0.2) is 42.9 Å². The molecule has 0 aliphatic heterocycles. The van der Waals surface area contributed by atoms with E-state index in [4.69, 9.17) is 5.11 Å². The molecule has 0 saturated heterocycles. The van der Waals surface area contributed by atoms with Gasteiger partial charge in [0.2, 0.25) is 0 Å². The van der Waals surface area contributed by atoms with Crippen LogP contribution < -0.4 is 0 Å².